The topological polar surface area (TPSA) is 338 Å². The van der Waals surface area contributed by atoms with E-state index in [1.807, 2.05) is 30.3 Å². The Kier molecular flexibility index (Phi) is 16.8. The Hall–Kier alpha value is -7.31. The van der Waals surface area contributed by atoms with E-state index in [2.05, 4.69) is 16.0 Å². The number of carbonyl (C=O) groups is 7. The molecule has 9 atom stereocenters. The molecule has 0 aromatic heterocycles. The van der Waals surface area contributed by atoms with Gasteiger partial charge in [-0.2, -0.15) is 0 Å². The molecule has 0 bridgehead atoms. The molecule has 2 heterocycles. The Balaban J connectivity index is 0.934. The van der Waals surface area contributed by atoms with Crippen LogP contribution in [-0.2, 0) is 57.6 Å². The molecule has 76 heavy (non-hydrogen) atoms. The molecule has 0 radical (unpaired) electrons. The molecule has 4 aliphatic rings. The fraction of sp³-hybridized carbons (Fsp3) is 0.426. The average Bonchev–Trinajstić information content (AvgIpc) is 3.85. The van der Waals surface area contributed by atoms with Gasteiger partial charge in [0.15, 0.2) is 17.9 Å². The maximum absolute atomic E-state index is 14.1. The molecule has 4 aromatic rings. The van der Waals surface area contributed by atoms with Crippen LogP contribution in [0.4, 0.5) is 10.5 Å². The Bertz CT molecular complexity index is 2880. The standard InChI is InChI=1S/C54H62N6O16/c1-27(56)50(67)59-35(20-29-10-5-4-6-11-29)52(69)58-34(13-7-8-19-55)51(68)57-31-17-15-30(16-18-31)25-73-53(70)60-26-74-49-28(2)75-40(21-36(49)60)76-38-23-54(71,39(62)24-61)22-33-42(38)48(66)44-43(46(33)64)45(63)32-12-9-14-37(72-3)41(32)47(44)65/h4-6,9-12,14-18,27-28,34-36,38,40,49,61,64,66,71H,7-8,13,19-26,55-56H2,1-3H3,(H,57,68)(H,58,69)(H,59,67)/t27-,28+,34+,35+,36+,38?,40+,49-,54+/m1/s1. The Morgan fingerprint density at radius 3 is 2.26 bits per heavy atom. The fourth-order valence-corrected chi connectivity index (χ4v) is 10.2. The molecular weight excluding hydrogens is 989 g/mol. The van der Waals surface area contributed by atoms with Crippen molar-refractivity contribution in [1.82, 2.24) is 15.5 Å². The maximum Gasteiger partial charge on any atom is 0.412 e. The molecule has 0 spiro atoms. The second-order valence-corrected chi connectivity index (χ2v) is 19.4. The highest BCUT2D eigenvalue weighted by Crippen LogP contribution is 2.53. The summed E-state index contributed by atoms with van der Waals surface area (Å²) in [6.07, 6.45) is -4.56. The van der Waals surface area contributed by atoms with Crippen LogP contribution < -0.4 is 32.2 Å². The van der Waals surface area contributed by atoms with Gasteiger partial charge in [-0.05, 0) is 69.0 Å². The summed E-state index contributed by atoms with van der Waals surface area (Å²) in [7, 11) is 1.31. The third-order valence-electron chi connectivity index (χ3n) is 14.2. The van der Waals surface area contributed by atoms with Crippen LogP contribution in [0.25, 0.3) is 0 Å². The first kappa shape index (κ1) is 54.9. The zero-order valence-corrected chi connectivity index (χ0v) is 42.1. The molecule has 11 N–H and O–H groups in total. The highest BCUT2D eigenvalue weighted by atomic mass is 16.7. The van der Waals surface area contributed by atoms with E-state index in [4.69, 9.17) is 35.2 Å². The van der Waals surface area contributed by atoms with Gasteiger partial charge in [0, 0.05) is 48.1 Å². The summed E-state index contributed by atoms with van der Waals surface area (Å²) in [6.45, 7) is 2.09. The number of carbonyl (C=O) groups excluding carboxylic acids is 7. The smallest absolute Gasteiger partial charge is 0.412 e. The van der Waals surface area contributed by atoms with Crippen molar-refractivity contribution in [3.63, 3.8) is 0 Å². The van der Waals surface area contributed by atoms with E-state index in [-0.39, 0.29) is 60.6 Å². The second-order valence-electron chi connectivity index (χ2n) is 19.4. The van der Waals surface area contributed by atoms with Crippen molar-refractivity contribution in [2.45, 2.75) is 120 Å². The molecule has 2 aliphatic carbocycles. The largest absolute Gasteiger partial charge is 0.507 e. The molecule has 404 valence electrons. The lowest BCUT2D eigenvalue weighted by Crippen LogP contribution is -2.55. The second kappa shape index (κ2) is 23.3. The van der Waals surface area contributed by atoms with Gasteiger partial charge in [-0.1, -0.05) is 54.6 Å². The summed E-state index contributed by atoms with van der Waals surface area (Å²) in [5.41, 5.74) is 9.14. The van der Waals surface area contributed by atoms with Crippen LogP contribution in [-0.4, -0.2) is 142 Å². The van der Waals surface area contributed by atoms with Crippen LogP contribution in [0.15, 0.2) is 72.8 Å². The molecule has 2 saturated heterocycles. The first-order chi connectivity index (χ1) is 36.4. The van der Waals surface area contributed by atoms with Gasteiger partial charge in [0.05, 0.1) is 48.1 Å². The predicted molar refractivity (Wildman–Crippen MR) is 269 cm³/mol. The average molecular weight is 1050 g/mol. The van der Waals surface area contributed by atoms with Crippen molar-refractivity contribution in [3.05, 3.63) is 117 Å². The maximum atomic E-state index is 14.1. The SMILES string of the molecule is COc1cccc2c1C(=O)c1c(O)c3c(c(O)c1C2=O)C[C@@](O)(C(=O)CO)CC3O[C@H]1C[C@H]2[C@H](OCN2C(=O)OCc2ccc(NC(=O)[C@H](CCCCN)NC(=O)[C@H](Cc3ccccc3)NC(=O)[C@@H](C)N)cc2)[C@H](C)O1. The van der Waals surface area contributed by atoms with Gasteiger partial charge in [-0.15, -0.1) is 0 Å². The number of hydrogen-bond donors (Lipinski definition) is 9. The number of phenolic OH excluding ortho intramolecular Hbond substituents is 2. The number of Topliss-reactive ketones (excluding diaryl/α,β-unsaturated/α-hetero) is 1. The van der Waals surface area contributed by atoms with Gasteiger partial charge in [0.25, 0.3) is 0 Å². The van der Waals surface area contributed by atoms with E-state index < -0.39 is 138 Å². The van der Waals surface area contributed by atoms with Crippen molar-refractivity contribution in [1.29, 1.82) is 0 Å². The number of nitrogens with one attached hydrogen (secondary N) is 3. The van der Waals surface area contributed by atoms with E-state index in [0.29, 0.717) is 30.6 Å². The van der Waals surface area contributed by atoms with E-state index in [1.165, 1.54) is 37.1 Å². The van der Waals surface area contributed by atoms with Crippen LogP contribution in [0.2, 0.25) is 0 Å². The fourth-order valence-electron chi connectivity index (χ4n) is 10.2. The van der Waals surface area contributed by atoms with Gasteiger partial charge in [-0.25, -0.2) is 4.79 Å². The number of nitrogens with two attached hydrogens (primary N) is 2. The van der Waals surface area contributed by atoms with Crippen LogP contribution in [0.5, 0.6) is 17.2 Å². The van der Waals surface area contributed by atoms with Crippen molar-refractivity contribution in [3.8, 4) is 17.2 Å². The molecule has 2 fully saturated rings. The summed E-state index contributed by atoms with van der Waals surface area (Å²) in [6, 6.07) is 16.3. The molecule has 4 aromatic carbocycles. The molecule has 2 aliphatic heterocycles. The first-order valence-electron chi connectivity index (χ1n) is 25.0. The first-order valence-corrected chi connectivity index (χ1v) is 25.0. The molecule has 0 saturated carbocycles. The zero-order chi connectivity index (χ0) is 54.6. The third kappa shape index (κ3) is 11.3. The minimum Gasteiger partial charge on any atom is -0.507 e. The number of anilines is 1. The van der Waals surface area contributed by atoms with Crippen LogP contribution in [0.3, 0.4) is 0 Å². The van der Waals surface area contributed by atoms with E-state index in [1.54, 1.807) is 31.2 Å². The summed E-state index contributed by atoms with van der Waals surface area (Å²) in [5, 5.41) is 53.6. The van der Waals surface area contributed by atoms with Crippen LogP contribution in [0.1, 0.15) is 106 Å². The minimum absolute atomic E-state index is 0.0510. The van der Waals surface area contributed by atoms with Gasteiger partial charge in [-0.3, -0.25) is 33.7 Å². The third-order valence-corrected chi connectivity index (χ3v) is 14.2. The number of ether oxygens (including phenoxy) is 5. The normalized spacial score (nSPS) is 22.7. The Morgan fingerprint density at radius 1 is 0.868 bits per heavy atom. The summed E-state index contributed by atoms with van der Waals surface area (Å²) in [5.74, 6) is -5.72. The number of nitrogens with zero attached hydrogens (tertiary/aromatic N) is 1. The number of ketones is 3. The van der Waals surface area contributed by atoms with Crippen molar-refractivity contribution < 1.29 is 77.7 Å². The number of rotatable bonds is 19. The minimum atomic E-state index is -2.37. The highest BCUT2D eigenvalue weighted by Gasteiger charge is 2.52. The monoisotopic (exact) mass is 1050 g/mol. The number of amides is 4. The van der Waals surface area contributed by atoms with E-state index >= 15 is 0 Å². The van der Waals surface area contributed by atoms with E-state index in [9.17, 15) is 54.0 Å². The molecule has 22 heteroatoms. The highest BCUT2D eigenvalue weighted by molar-refractivity contribution is 6.31. The number of methoxy groups -OCH3 is 1. The zero-order valence-electron chi connectivity index (χ0n) is 42.1. The number of aliphatic hydroxyl groups excluding tert-OH is 1. The predicted octanol–water partition coefficient (Wildman–Crippen LogP) is 2.30. The Labute approximate surface area is 436 Å². The van der Waals surface area contributed by atoms with Crippen LogP contribution in [0, 0.1) is 0 Å². The van der Waals surface area contributed by atoms with Gasteiger partial charge in [0.2, 0.25) is 23.5 Å². The number of fused-ring (bicyclic) bond motifs is 4. The summed E-state index contributed by atoms with van der Waals surface area (Å²) >= 11 is 0. The molecule has 4 amide bonds. The van der Waals surface area contributed by atoms with Crippen molar-refractivity contribution in [2.24, 2.45) is 11.5 Å². The Morgan fingerprint density at radius 2 is 1.58 bits per heavy atom. The summed E-state index contributed by atoms with van der Waals surface area (Å²) < 4.78 is 29.7. The molecule has 8 rings (SSSR count). The number of phenols is 2. The molecular formula is C54H62N6O16. The van der Waals surface area contributed by atoms with Gasteiger partial charge in [0.1, 0.15) is 61.0 Å². The number of hydrogen-bond acceptors (Lipinski definition) is 18. The van der Waals surface area contributed by atoms with Crippen molar-refractivity contribution in [2.75, 3.05) is 32.3 Å². The van der Waals surface area contributed by atoms with Gasteiger partial charge >= 0.3 is 6.09 Å². The lowest BCUT2D eigenvalue weighted by Gasteiger charge is -2.42. The summed E-state index contributed by atoms with van der Waals surface area (Å²) in [4.78, 5) is 96.2. The number of aromatic hydroxyl groups is 2. The van der Waals surface area contributed by atoms with E-state index in [0.717, 1.165) is 5.56 Å². The van der Waals surface area contributed by atoms with Gasteiger partial charge < -0.3 is 71.5 Å². The number of unbranched alkanes of at least 4 members (excludes halogenated alkanes) is 1. The molecule has 1 unspecified atom stereocenters. The number of aliphatic hydroxyl groups is 2. The lowest BCUT2D eigenvalue weighted by atomic mass is 9.72. The lowest BCUT2D eigenvalue weighted by molar-refractivity contribution is -0.246. The van der Waals surface area contributed by atoms with Crippen molar-refractivity contribution >= 4 is 46.9 Å². The van der Waals surface area contributed by atoms with Crippen LogP contribution >= 0.6 is 0 Å². The number of benzene rings is 4. The quantitative estimate of drug-likeness (QED) is 0.0423. The molecule has 22 nitrogen and oxygen atoms in total.